The molecule has 0 radical (unpaired) electrons. The van der Waals surface area contributed by atoms with Crippen LogP contribution in [-0.2, 0) is 6.54 Å². The maximum absolute atomic E-state index is 14.4. The van der Waals surface area contributed by atoms with Crippen LogP contribution in [-0.4, -0.2) is 50.7 Å². The van der Waals surface area contributed by atoms with Gasteiger partial charge in [0.1, 0.15) is 11.6 Å². The number of hydrogen-bond donors (Lipinski definition) is 1. The predicted octanol–water partition coefficient (Wildman–Crippen LogP) is 3.75. The first-order valence-corrected chi connectivity index (χ1v) is 12.0. The second-order valence-corrected chi connectivity index (χ2v) is 8.99. The number of anilines is 1. The van der Waals surface area contributed by atoms with E-state index in [9.17, 15) is 14.3 Å². The summed E-state index contributed by atoms with van der Waals surface area (Å²) in [5, 5.41) is 11.1. The molecule has 36 heavy (non-hydrogen) atoms. The number of aryl methyl sites for hydroxylation is 1. The van der Waals surface area contributed by atoms with Crippen LogP contribution >= 0.6 is 0 Å². The third-order valence-electron chi connectivity index (χ3n) is 6.75. The molecule has 0 aliphatic carbocycles. The summed E-state index contributed by atoms with van der Waals surface area (Å²) < 4.78 is 16.1. The summed E-state index contributed by atoms with van der Waals surface area (Å²) in [5.74, 6) is -0.274. The van der Waals surface area contributed by atoms with Gasteiger partial charge in [-0.05, 0) is 54.4 Å². The number of aromatic nitrogens is 3. The van der Waals surface area contributed by atoms with Crippen LogP contribution in [0.5, 0.6) is 5.75 Å². The Balaban J connectivity index is 1.52. The summed E-state index contributed by atoms with van der Waals surface area (Å²) in [6.45, 7) is 4.55. The Kier molecular flexibility index (Phi) is 6.77. The van der Waals surface area contributed by atoms with Gasteiger partial charge in [-0.25, -0.2) is 4.39 Å². The van der Waals surface area contributed by atoms with E-state index in [0.717, 1.165) is 11.1 Å². The van der Waals surface area contributed by atoms with Crippen molar-refractivity contribution in [3.8, 4) is 5.75 Å². The average molecular weight is 486 g/mol. The first-order chi connectivity index (χ1) is 17.5. The highest BCUT2D eigenvalue weighted by molar-refractivity contribution is 5.48. The van der Waals surface area contributed by atoms with E-state index in [1.54, 1.807) is 47.6 Å². The van der Waals surface area contributed by atoms with Crippen LogP contribution in [0.15, 0.2) is 84.2 Å². The lowest BCUT2D eigenvalue weighted by atomic mass is 9.96. The molecule has 5 rings (SSSR count). The number of rotatable bonds is 6. The standard InChI is InChI=1S/C28H28FN5O2/c1-20-17-25(35)26(28(36)34(20)19-21-5-4-10-31-18-21)27(22-8-11-30-12-9-22)33-15-13-32(14-16-33)24-7-3-2-6-23(24)29/h2-12,17-18,27,35H,13-16,19H2,1H3/t27-/m1/s1. The van der Waals surface area contributed by atoms with E-state index in [-0.39, 0.29) is 17.1 Å². The van der Waals surface area contributed by atoms with Crippen molar-refractivity contribution in [3.05, 3.63) is 118 Å². The molecule has 3 aromatic heterocycles. The first kappa shape index (κ1) is 23.7. The zero-order valence-corrected chi connectivity index (χ0v) is 20.1. The van der Waals surface area contributed by atoms with Crippen molar-refractivity contribution < 1.29 is 9.50 Å². The largest absolute Gasteiger partial charge is 0.507 e. The molecule has 1 aromatic carbocycles. The van der Waals surface area contributed by atoms with Crippen molar-refractivity contribution in [2.75, 3.05) is 31.1 Å². The molecule has 7 nitrogen and oxygen atoms in total. The molecule has 1 aliphatic heterocycles. The van der Waals surface area contributed by atoms with E-state index in [1.807, 2.05) is 42.2 Å². The van der Waals surface area contributed by atoms with Gasteiger partial charge < -0.3 is 14.6 Å². The third kappa shape index (κ3) is 4.72. The number of benzene rings is 1. The number of hydrogen-bond acceptors (Lipinski definition) is 6. The Morgan fingerprint density at radius 1 is 0.972 bits per heavy atom. The quantitative estimate of drug-likeness (QED) is 0.448. The van der Waals surface area contributed by atoms with Gasteiger partial charge in [-0.15, -0.1) is 0 Å². The fraction of sp³-hybridized carbons (Fsp3) is 0.250. The molecule has 0 unspecified atom stereocenters. The number of para-hydroxylation sites is 1. The van der Waals surface area contributed by atoms with Gasteiger partial charge in [0.15, 0.2) is 0 Å². The van der Waals surface area contributed by atoms with Crippen molar-refractivity contribution in [2.45, 2.75) is 19.5 Å². The molecular formula is C28H28FN5O2. The van der Waals surface area contributed by atoms with E-state index < -0.39 is 6.04 Å². The highest BCUT2D eigenvalue weighted by atomic mass is 19.1. The molecule has 184 valence electrons. The molecule has 4 aromatic rings. The van der Waals surface area contributed by atoms with Crippen LogP contribution in [0, 0.1) is 12.7 Å². The number of halogens is 1. The van der Waals surface area contributed by atoms with Crippen LogP contribution < -0.4 is 10.5 Å². The lowest BCUT2D eigenvalue weighted by Crippen LogP contribution is -2.49. The summed E-state index contributed by atoms with van der Waals surface area (Å²) in [4.78, 5) is 26.4. The monoisotopic (exact) mass is 485 g/mol. The Hall–Kier alpha value is -4.04. The van der Waals surface area contributed by atoms with Crippen LogP contribution in [0.2, 0.25) is 0 Å². The van der Waals surface area contributed by atoms with Crippen LogP contribution in [0.4, 0.5) is 10.1 Å². The van der Waals surface area contributed by atoms with Crippen molar-refractivity contribution in [1.29, 1.82) is 0 Å². The predicted molar refractivity (Wildman–Crippen MR) is 137 cm³/mol. The van der Waals surface area contributed by atoms with E-state index in [2.05, 4.69) is 14.9 Å². The Labute approximate surface area is 209 Å². The summed E-state index contributed by atoms with van der Waals surface area (Å²) in [6.07, 6.45) is 6.82. The van der Waals surface area contributed by atoms with Gasteiger partial charge in [0.2, 0.25) is 0 Å². The van der Waals surface area contributed by atoms with Crippen LogP contribution in [0.25, 0.3) is 0 Å². The van der Waals surface area contributed by atoms with Crippen molar-refractivity contribution >= 4 is 5.69 Å². The first-order valence-electron chi connectivity index (χ1n) is 12.0. The molecule has 1 N–H and O–H groups in total. The average Bonchev–Trinajstić information content (AvgIpc) is 2.90. The molecule has 0 spiro atoms. The highest BCUT2D eigenvalue weighted by Gasteiger charge is 2.32. The smallest absolute Gasteiger partial charge is 0.259 e. The minimum absolute atomic E-state index is 0.0294. The van der Waals surface area contributed by atoms with Gasteiger partial charge in [0.25, 0.3) is 5.56 Å². The van der Waals surface area contributed by atoms with Crippen molar-refractivity contribution in [3.63, 3.8) is 0 Å². The van der Waals surface area contributed by atoms with Gasteiger partial charge >= 0.3 is 0 Å². The topological polar surface area (TPSA) is 74.5 Å². The number of nitrogens with zero attached hydrogens (tertiary/aromatic N) is 5. The number of pyridine rings is 3. The van der Waals surface area contributed by atoms with E-state index in [4.69, 9.17) is 0 Å². The third-order valence-corrected chi connectivity index (χ3v) is 6.75. The normalized spacial score (nSPS) is 15.1. The maximum atomic E-state index is 14.4. The Morgan fingerprint density at radius 2 is 1.72 bits per heavy atom. The zero-order valence-electron chi connectivity index (χ0n) is 20.1. The molecule has 1 saturated heterocycles. The SMILES string of the molecule is Cc1cc(O)c([C@@H](c2ccncc2)N2CCN(c3ccccc3F)CC2)c(=O)n1Cc1cccnc1. The molecule has 4 heterocycles. The molecule has 0 saturated carbocycles. The fourth-order valence-electron chi connectivity index (χ4n) is 4.93. The number of piperazine rings is 1. The molecule has 1 aliphatic rings. The summed E-state index contributed by atoms with van der Waals surface area (Å²) in [6, 6.07) is 15.5. The van der Waals surface area contributed by atoms with E-state index in [1.165, 1.54) is 6.07 Å². The highest BCUT2D eigenvalue weighted by Crippen LogP contribution is 2.34. The Morgan fingerprint density at radius 3 is 2.42 bits per heavy atom. The summed E-state index contributed by atoms with van der Waals surface area (Å²) in [5.41, 5.74) is 3.11. The van der Waals surface area contributed by atoms with Crippen molar-refractivity contribution in [2.24, 2.45) is 0 Å². The molecular weight excluding hydrogens is 457 g/mol. The summed E-state index contributed by atoms with van der Waals surface area (Å²) in [7, 11) is 0. The molecule has 1 fully saturated rings. The van der Waals surface area contributed by atoms with Crippen LogP contribution in [0.1, 0.15) is 28.4 Å². The second-order valence-electron chi connectivity index (χ2n) is 8.99. The van der Waals surface area contributed by atoms with Gasteiger partial charge in [-0.2, -0.15) is 0 Å². The molecule has 1 atom stereocenters. The fourth-order valence-corrected chi connectivity index (χ4v) is 4.93. The molecule has 0 bridgehead atoms. The van der Waals surface area contributed by atoms with Gasteiger partial charge in [-0.3, -0.25) is 19.7 Å². The lowest BCUT2D eigenvalue weighted by molar-refractivity contribution is 0.207. The van der Waals surface area contributed by atoms with E-state index in [0.29, 0.717) is 49.7 Å². The van der Waals surface area contributed by atoms with Gasteiger partial charge in [0.05, 0.1) is 23.8 Å². The minimum Gasteiger partial charge on any atom is -0.507 e. The van der Waals surface area contributed by atoms with Gasteiger partial charge in [-0.1, -0.05) is 18.2 Å². The second kappa shape index (κ2) is 10.3. The van der Waals surface area contributed by atoms with Crippen LogP contribution in [0.3, 0.4) is 0 Å². The van der Waals surface area contributed by atoms with E-state index >= 15 is 0 Å². The zero-order chi connectivity index (χ0) is 25.1. The van der Waals surface area contributed by atoms with Gasteiger partial charge in [0, 0.05) is 56.7 Å². The molecule has 0 amide bonds. The maximum Gasteiger partial charge on any atom is 0.259 e. The molecule has 8 heteroatoms. The minimum atomic E-state index is -0.469. The lowest BCUT2D eigenvalue weighted by Gasteiger charge is -2.40. The Bertz CT molecular complexity index is 1390. The van der Waals surface area contributed by atoms with Crippen molar-refractivity contribution in [1.82, 2.24) is 19.4 Å². The number of aromatic hydroxyl groups is 1. The summed E-state index contributed by atoms with van der Waals surface area (Å²) >= 11 is 0.